The summed E-state index contributed by atoms with van der Waals surface area (Å²) in [6.45, 7) is 6.81. The van der Waals surface area contributed by atoms with Crippen LogP contribution in [0.5, 0.6) is 0 Å². The molecule has 1 atom stereocenters. The van der Waals surface area contributed by atoms with Gasteiger partial charge in [0.05, 0.1) is 5.56 Å². The molecule has 0 fully saturated rings. The molecule has 2 amide bonds. The smallest absolute Gasteiger partial charge is 0.256 e. The van der Waals surface area contributed by atoms with E-state index in [9.17, 15) is 9.59 Å². The summed E-state index contributed by atoms with van der Waals surface area (Å²) >= 11 is 1.35. The third kappa shape index (κ3) is 5.16. The fourth-order valence-electron chi connectivity index (χ4n) is 2.30. The van der Waals surface area contributed by atoms with Crippen LogP contribution in [0.1, 0.15) is 53.0 Å². The lowest BCUT2D eigenvalue weighted by atomic mass is 10.0. The minimum Gasteiger partial charge on any atom is -0.350 e. The third-order valence-electron chi connectivity index (χ3n) is 4.42. The molecule has 0 aliphatic rings. The number of nitrogens with zero attached hydrogens (tertiary/aromatic N) is 1. The van der Waals surface area contributed by atoms with Gasteiger partial charge in [0, 0.05) is 18.2 Å². The molecule has 0 aliphatic heterocycles. The van der Waals surface area contributed by atoms with Crippen molar-refractivity contribution in [1.29, 1.82) is 0 Å². The van der Waals surface area contributed by atoms with Crippen molar-refractivity contribution in [1.82, 2.24) is 10.2 Å². The Morgan fingerprint density at radius 2 is 1.69 bits per heavy atom. The highest BCUT2D eigenvalue weighted by molar-refractivity contribution is 7.14. The molecule has 1 unspecified atom stereocenters. The third-order valence-corrected chi connectivity index (χ3v) is 5.25. The van der Waals surface area contributed by atoms with E-state index in [0.717, 1.165) is 0 Å². The van der Waals surface area contributed by atoms with Crippen LogP contribution in [0.25, 0.3) is 0 Å². The first kappa shape index (κ1) is 20.1. The molecule has 0 bridgehead atoms. The molecule has 5 nitrogen and oxygen atoms in total. The number of carbonyl (C=O) groups is 2. The summed E-state index contributed by atoms with van der Waals surface area (Å²) in [7, 11) is 3.94. The van der Waals surface area contributed by atoms with E-state index in [1.54, 1.807) is 6.07 Å². The van der Waals surface area contributed by atoms with E-state index in [-0.39, 0.29) is 17.9 Å². The molecule has 1 heterocycles. The molecule has 0 aliphatic carbocycles. The molecule has 1 aromatic heterocycles. The van der Waals surface area contributed by atoms with Crippen molar-refractivity contribution < 1.29 is 9.59 Å². The Labute approximate surface area is 159 Å². The van der Waals surface area contributed by atoms with Crippen molar-refractivity contribution >= 4 is 28.2 Å². The van der Waals surface area contributed by atoms with E-state index in [4.69, 9.17) is 0 Å². The van der Waals surface area contributed by atoms with Crippen molar-refractivity contribution in [2.45, 2.75) is 32.7 Å². The first-order valence-electron chi connectivity index (χ1n) is 8.73. The summed E-state index contributed by atoms with van der Waals surface area (Å²) in [6, 6.07) is 9.52. The van der Waals surface area contributed by atoms with Gasteiger partial charge in [-0.2, -0.15) is 0 Å². The molecular formula is C20H27N3O2S. The molecule has 0 saturated carbocycles. The van der Waals surface area contributed by atoms with E-state index in [1.807, 2.05) is 55.6 Å². The Kier molecular flexibility index (Phi) is 6.94. The summed E-state index contributed by atoms with van der Waals surface area (Å²) < 4.78 is 0. The second-order valence-electron chi connectivity index (χ2n) is 6.92. The van der Waals surface area contributed by atoms with Gasteiger partial charge in [0.15, 0.2) is 0 Å². The number of carbonyl (C=O) groups excluding carboxylic acids is 2. The normalized spacial score (nSPS) is 12.3. The molecule has 2 aromatic rings. The molecule has 140 valence electrons. The van der Waals surface area contributed by atoms with Crippen molar-refractivity contribution in [3.05, 3.63) is 52.4 Å². The number of anilines is 1. The second-order valence-corrected chi connectivity index (χ2v) is 7.83. The first-order valence-corrected chi connectivity index (χ1v) is 9.61. The van der Waals surface area contributed by atoms with Crippen LogP contribution in [-0.2, 0) is 0 Å². The van der Waals surface area contributed by atoms with E-state index >= 15 is 0 Å². The zero-order valence-corrected chi connectivity index (χ0v) is 16.8. The van der Waals surface area contributed by atoms with Crippen LogP contribution in [0, 0.1) is 0 Å². The maximum Gasteiger partial charge on any atom is 0.256 e. The highest BCUT2D eigenvalue weighted by atomic mass is 32.1. The molecule has 0 radical (unpaired) electrons. The number of rotatable bonds is 7. The lowest BCUT2D eigenvalue weighted by Crippen LogP contribution is -2.38. The fraction of sp³-hybridized carbons (Fsp3) is 0.400. The Morgan fingerprint density at radius 3 is 2.27 bits per heavy atom. The van der Waals surface area contributed by atoms with Crippen molar-refractivity contribution in [3.8, 4) is 0 Å². The van der Waals surface area contributed by atoms with Crippen LogP contribution < -0.4 is 10.6 Å². The SMILES string of the molecule is CC(C)c1ccc(C(=O)Nc2sccc2C(=O)NCC(C)N(C)C)cc1. The number of likely N-dealkylation sites (N-methyl/N-ethyl adjacent to an activating group) is 1. The van der Waals surface area contributed by atoms with E-state index in [2.05, 4.69) is 24.5 Å². The Hall–Kier alpha value is -2.18. The fourth-order valence-corrected chi connectivity index (χ4v) is 3.08. The van der Waals surface area contributed by atoms with E-state index < -0.39 is 0 Å². The summed E-state index contributed by atoms with van der Waals surface area (Å²) in [4.78, 5) is 26.9. The van der Waals surface area contributed by atoms with Crippen LogP contribution in [0.15, 0.2) is 35.7 Å². The summed E-state index contributed by atoms with van der Waals surface area (Å²) in [5.74, 6) is 0.0353. The van der Waals surface area contributed by atoms with E-state index in [0.29, 0.717) is 28.6 Å². The maximum absolute atomic E-state index is 12.5. The number of hydrogen-bond acceptors (Lipinski definition) is 4. The zero-order valence-electron chi connectivity index (χ0n) is 16.0. The van der Waals surface area contributed by atoms with Crippen molar-refractivity contribution in [3.63, 3.8) is 0 Å². The summed E-state index contributed by atoms with van der Waals surface area (Å²) in [5.41, 5.74) is 2.26. The maximum atomic E-state index is 12.5. The Balaban J connectivity index is 2.03. The molecule has 0 saturated heterocycles. The average Bonchev–Trinajstić information content (AvgIpc) is 3.07. The standard InChI is InChI=1S/C20H27N3O2S/c1-13(2)15-6-8-16(9-7-15)18(24)22-20-17(10-11-26-20)19(25)21-12-14(3)23(4)5/h6-11,13-14H,12H2,1-5H3,(H,21,25)(H,22,24). The van der Waals surface area contributed by atoms with Crippen LogP contribution in [-0.4, -0.2) is 43.4 Å². The molecule has 6 heteroatoms. The molecule has 26 heavy (non-hydrogen) atoms. The highest BCUT2D eigenvalue weighted by Crippen LogP contribution is 2.24. The average molecular weight is 374 g/mol. The molecule has 2 N–H and O–H groups in total. The lowest BCUT2D eigenvalue weighted by molar-refractivity contribution is 0.0945. The quantitative estimate of drug-likeness (QED) is 0.776. The van der Waals surface area contributed by atoms with Crippen molar-refractivity contribution in [2.24, 2.45) is 0 Å². The number of hydrogen-bond donors (Lipinski definition) is 2. The number of thiophene rings is 1. The predicted molar refractivity (Wildman–Crippen MR) is 108 cm³/mol. The van der Waals surface area contributed by atoms with Crippen LogP contribution >= 0.6 is 11.3 Å². The van der Waals surface area contributed by atoms with Gasteiger partial charge in [0.25, 0.3) is 11.8 Å². The van der Waals surface area contributed by atoms with Gasteiger partial charge in [-0.3, -0.25) is 9.59 Å². The van der Waals surface area contributed by atoms with Gasteiger partial charge in [-0.15, -0.1) is 11.3 Å². The van der Waals surface area contributed by atoms with E-state index in [1.165, 1.54) is 16.9 Å². The molecule has 0 spiro atoms. The van der Waals surface area contributed by atoms with Crippen molar-refractivity contribution in [2.75, 3.05) is 26.0 Å². The number of amides is 2. The summed E-state index contributed by atoms with van der Waals surface area (Å²) in [5, 5.41) is 8.14. The molecule has 1 aromatic carbocycles. The lowest BCUT2D eigenvalue weighted by Gasteiger charge is -2.20. The number of benzene rings is 1. The van der Waals surface area contributed by atoms with Gasteiger partial charge in [-0.25, -0.2) is 0 Å². The molecular weight excluding hydrogens is 346 g/mol. The van der Waals surface area contributed by atoms with Crippen LogP contribution in [0.2, 0.25) is 0 Å². The highest BCUT2D eigenvalue weighted by Gasteiger charge is 2.17. The van der Waals surface area contributed by atoms with Gasteiger partial charge in [0.1, 0.15) is 5.00 Å². The Bertz CT molecular complexity index is 751. The summed E-state index contributed by atoms with van der Waals surface area (Å²) in [6.07, 6.45) is 0. The van der Waals surface area contributed by atoms with Gasteiger partial charge in [-0.05, 0) is 56.1 Å². The topological polar surface area (TPSA) is 61.4 Å². The van der Waals surface area contributed by atoms with Crippen LogP contribution in [0.4, 0.5) is 5.00 Å². The first-order chi connectivity index (χ1) is 12.3. The molecule has 2 rings (SSSR count). The zero-order chi connectivity index (χ0) is 19.3. The van der Waals surface area contributed by atoms with Gasteiger partial charge >= 0.3 is 0 Å². The van der Waals surface area contributed by atoms with Crippen LogP contribution in [0.3, 0.4) is 0 Å². The Morgan fingerprint density at radius 1 is 1.04 bits per heavy atom. The minimum absolute atomic E-state index is 0.176. The second kappa shape index (κ2) is 8.96. The minimum atomic E-state index is -0.210. The largest absolute Gasteiger partial charge is 0.350 e. The number of nitrogens with one attached hydrogen (secondary N) is 2. The predicted octanol–water partition coefficient (Wildman–Crippen LogP) is 3.80. The van der Waals surface area contributed by atoms with Gasteiger partial charge in [0.2, 0.25) is 0 Å². The van der Waals surface area contributed by atoms with Gasteiger partial charge in [-0.1, -0.05) is 26.0 Å². The monoisotopic (exact) mass is 373 g/mol. The van der Waals surface area contributed by atoms with Gasteiger partial charge < -0.3 is 15.5 Å².